The number of carbonyl (C=O) groups is 2. The molecule has 166 valence electrons. The molecule has 0 aliphatic heterocycles. The number of hydrogen-bond donors (Lipinski definition) is 2. The van der Waals surface area contributed by atoms with E-state index >= 15 is 0 Å². The second-order valence-electron chi connectivity index (χ2n) is 6.74. The van der Waals surface area contributed by atoms with E-state index in [2.05, 4.69) is 15.6 Å². The number of rotatable bonds is 6. The van der Waals surface area contributed by atoms with Crippen molar-refractivity contribution in [1.29, 1.82) is 0 Å². The van der Waals surface area contributed by atoms with Crippen LogP contribution in [0.15, 0.2) is 65.7 Å². The summed E-state index contributed by atoms with van der Waals surface area (Å²) in [5.41, 5.74) is 0.0550. The van der Waals surface area contributed by atoms with E-state index in [1.807, 2.05) is 0 Å². The first kappa shape index (κ1) is 23.3. The van der Waals surface area contributed by atoms with Crippen molar-refractivity contribution >= 4 is 44.8 Å². The summed E-state index contributed by atoms with van der Waals surface area (Å²) >= 11 is 6.10. The van der Waals surface area contributed by atoms with Crippen molar-refractivity contribution in [2.24, 2.45) is 0 Å². The lowest BCUT2D eigenvalue weighted by Gasteiger charge is -2.15. The minimum Gasteiger partial charge on any atom is -0.320 e. The Morgan fingerprint density at radius 3 is 2.34 bits per heavy atom. The SMILES string of the molecule is CN(C)S(=O)(=O)c1ccc(Cl)c(C(=O)Nc2cc(F)ccc2NC(=O)c2ccccn2)c1. The summed E-state index contributed by atoms with van der Waals surface area (Å²) in [4.78, 5) is 29.1. The number of carbonyl (C=O) groups excluding carboxylic acids is 2. The fraction of sp³-hybridized carbons (Fsp3) is 0.0952. The highest BCUT2D eigenvalue weighted by atomic mass is 35.5. The summed E-state index contributed by atoms with van der Waals surface area (Å²) in [6.07, 6.45) is 1.44. The van der Waals surface area contributed by atoms with Gasteiger partial charge in [0.15, 0.2) is 0 Å². The molecule has 32 heavy (non-hydrogen) atoms. The molecule has 3 rings (SSSR count). The first-order chi connectivity index (χ1) is 15.1. The average molecular weight is 477 g/mol. The molecule has 1 heterocycles. The number of nitrogens with zero attached hydrogens (tertiary/aromatic N) is 2. The fourth-order valence-electron chi connectivity index (χ4n) is 2.65. The summed E-state index contributed by atoms with van der Waals surface area (Å²) in [6, 6.07) is 11.9. The minimum atomic E-state index is -3.81. The van der Waals surface area contributed by atoms with E-state index in [0.29, 0.717) is 0 Å². The zero-order valence-corrected chi connectivity index (χ0v) is 18.5. The number of amides is 2. The van der Waals surface area contributed by atoms with Gasteiger partial charge in [0, 0.05) is 20.3 Å². The van der Waals surface area contributed by atoms with Gasteiger partial charge in [-0.3, -0.25) is 14.6 Å². The summed E-state index contributed by atoms with van der Waals surface area (Å²) in [5, 5.41) is 5.02. The number of sulfonamides is 1. The number of hydrogen-bond acceptors (Lipinski definition) is 5. The van der Waals surface area contributed by atoms with Gasteiger partial charge in [-0.25, -0.2) is 17.1 Å². The van der Waals surface area contributed by atoms with Gasteiger partial charge in [-0.15, -0.1) is 0 Å². The van der Waals surface area contributed by atoms with Gasteiger partial charge in [0.2, 0.25) is 10.0 Å². The molecular weight excluding hydrogens is 459 g/mol. The van der Waals surface area contributed by atoms with Crippen LogP contribution in [0.25, 0.3) is 0 Å². The molecule has 2 N–H and O–H groups in total. The number of pyridine rings is 1. The maximum Gasteiger partial charge on any atom is 0.274 e. The number of nitrogens with one attached hydrogen (secondary N) is 2. The molecule has 1 aromatic heterocycles. The molecule has 0 saturated heterocycles. The molecule has 0 unspecified atom stereocenters. The smallest absolute Gasteiger partial charge is 0.274 e. The van der Waals surface area contributed by atoms with Gasteiger partial charge < -0.3 is 10.6 Å². The topological polar surface area (TPSA) is 108 Å². The van der Waals surface area contributed by atoms with E-state index in [4.69, 9.17) is 11.6 Å². The minimum absolute atomic E-state index is 0.00400. The van der Waals surface area contributed by atoms with Crippen LogP contribution in [0, 0.1) is 5.82 Å². The van der Waals surface area contributed by atoms with Gasteiger partial charge in [0.25, 0.3) is 11.8 Å². The lowest BCUT2D eigenvalue weighted by atomic mass is 10.2. The number of benzene rings is 2. The van der Waals surface area contributed by atoms with Gasteiger partial charge in [0.05, 0.1) is 26.9 Å². The van der Waals surface area contributed by atoms with E-state index in [0.717, 1.165) is 22.5 Å². The molecule has 0 aliphatic rings. The molecule has 0 atom stereocenters. The van der Waals surface area contributed by atoms with Crippen LogP contribution in [0.2, 0.25) is 5.02 Å². The number of halogens is 2. The zero-order chi connectivity index (χ0) is 23.5. The first-order valence-electron chi connectivity index (χ1n) is 9.15. The van der Waals surface area contributed by atoms with Crippen LogP contribution in [-0.2, 0) is 10.0 Å². The molecule has 0 radical (unpaired) electrons. The van der Waals surface area contributed by atoms with Crippen molar-refractivity contribution in [3.05, 3.63) is 82.9 Å². The molecule has 0 bridgehead atoms. The Balaban J connectivity index is 1.92. The molecule has 11 heteroatoms. The van der Waals surface area contributed by atoms with Gasteiger partial charge in [-0.05, 0) is 48.5 Å². The Bertz CT molecular complexity index is 1280. The molecule has 0 aliphatic carbocycles. The van der Waals surface area contributed by atoms with Crippen molar-refractivity contribution < 1.29 is 22.4 Å². The molecule has 2 aromatic carbocycles. The maximum atomic E-state index is 13.9. The molecule has 2 amide bonds. The van der Waals surface area contributed by atoms with Gasteiger partial charge in [0.1, 0.15) is 11.5 Å². The predicted molar refractivity (Wildman–Crippen MR) is 119 cm³/mol. The summed E-state index contributed by atoms with van der Waals surface area (Å²) < 4.78 is 39.6. The van der Waals surface area contributed by atoms with Crippen LogP contribution >= 0.6 is 11.6 Å². The Morgan fingerprint density at radius 1 is 0.969 bits per heavy atom. The molecule has 3 aromatic rings. The fourth-order valence-corrected chi connectivity index (χ4v) is 3.78. The monoisotopic (exact) mass is 476 g/mol. The van der Waals surface area contributed by atoms with Gasteiger partial charge in [-0.2, -0.15) is 0 Å². The molecule has 8 nitrogen and oxygen atoms in total. The van der Waals surface area contributed by atoms with E-state index < -0.39 is 27.7 Å². The maximum absolute atomic E-state index is 13.9. The third kappa shape index (κ3) is 5.10. The van der Waals surface area contributed by atoms with Crippen LogP contribution < -0.4 is 10.6 Å². The van der Waals surface area contributed by atoms with Crippen LogP contribution in [0.4, 0.5) is 15.8 Å². The van der Waals surface area contributed by atoms with E-state index in [1.165, 1.54) is 44.6 Å². The second-order valence-corrected chi connectivity index (χ2v) is 9.30. The second kappa shape index (κ2) is 9.43. The first-order valence-corrected chi connectivity index (χ1v) is 11.0. The Morgan fingerprint density at radius 2 is 1.69 bits per heavy atom. The Hall–Kier alpha value is -3.34. The summed E-state index contributed by atoms with van der Waals surface area (Å²) in [5.74, 6) is -2.01. The number of aromatic nitrogens is 1. The number of anilines is 2. The average Bonchev–Trinajstić information content (AvgIpc) is 2.76. The quantitative estimate of drug-likeness (QED) is 0.564. The van der Waals surface area contributed by atoms with Gasteiger partial charge in [-0.1, -0.05) is 17.7 Å². The predicted octanol–water partition coefficient (Wildman–Crippen LogP) is 3.63. The van der Waals surface area contributed by atoms with Crippen molar-refractivity contribution in [1.82, 2.24) is 9.29 Å². The van der Waals surface area contributed by atoms with E-state index in [-0.39, 0.29) is 32.6 Å². The third-order valence-corrected chi connectivity index (χ3v) is 6.48. The lowest BCUT2D eigenvalue weighted by Crippen LogP contribution is -2.23. The summed E-state index contributed by atoms with van der Waals surface area (Å²) in [6.45, 7) is 0. The Labute approximate surface area is 189 Å². The van der Waals surface area contributed by atoms with Crippen LogP contribution in [0.1, 0.15) is 20.8 Å². The highest BCUT2D eigenvalue weighted by molar-refractivity contribution is 7.89. The van der Waals surface area contributed by atoms with Gasteiger partial charge >= 0.3 is 0 Å². The molecular formula is C21H18ClFN4O4S. The third-order valence-electron chi connectivity index (χ3n) is 4.34. The zero-order valence-electron chi connectivity index (χ0n) is 17.0. The van der Waals surface area contributed by atoms with Crippen LogP contribution in [0.5, 0.6) is 0 Å². The van der Waals surface area contributed by atoms with Crippen molar-refractivity contribution in [2.45, 2.75) is 4.90 Å². The molecule has 0 fully saturated rings. The largest absolute Gasteiger partial charge is 0.320 e. The van der Waals surface area contributed by atoms with Crippen molar-refractivity contribution in [3.8, 4) is 0 Å². The lowest BCUT2D eigenvalue weighted by molar-refractivity contribution is 0.101. The van der Waals surface area contributed by atoms with E-state index in [9.17, 15) is 22.4 Å². The molecule has 0 saturated carbocycles. The van der Waals surface area contributed by atoms with Crippen molar-refractivity contribution in [3.63, 3.8) is 0 Å². The normalized spacial score (nSPS) is 11.3. The summed E-state index contributed by atoms with van der Waals surface area (Å²) in [7, 11) is -1.10. The van der Waals surface area contributed by atoms with E-state index in [1.54, 1.807) is 12.1 Å². The van der Waals surface area contributed by atoms with Crippen LogP contribution in [0.3, 0.4) is 0 Å². The highest BCUT2D eigenvalue weighted by Crippen LogP contribution is 2.27. The van der Waals surface area contributed by atoms with Crippen LogP contribution in [-0.4, -0.2) is 43.6 Å². The standard InChI is InChI=1S/C21H18ClFN4O4S/c1-27(2)32(30,31)14-7-8-16(22)15(12-14)20(28)26-19-11-13(23)6-9-17(19)25-21(29)18-5-3-4-10-24-18/h3-12H,1-2H3,(H,25,29)(H,26,28). The molecule has 0 spiro atoms. The highest BCUT2D eigenvalue weighted by Gasteiger charge is 2.22. The Kier molecular flexibility index (Phi) is 6.87. The van der Waals surface area contributed by atoms with Crippen molar-refractivity contribution in [2.75, 3.05) is 24.7 Å².